The molecular formula is C25H35ClF3PSi. The number of halogens is 4. The molecule has 1 unspecified atom stereocenters. The molecule has 0 spiro atoms. The van der Waals surface area contributed by atoms with E-state index in [4.69, 9.17) is 11.2 Å². The average molecular weight is 487 g/mol. The standard InChI is InChI=1S/C25H35ClF3PSi/c1-4-7-18-31(19-8-5-2,20-9-6-3)22-16-14-21(15-17-22)30(26)24-13-11-10-12-23(24)25(27,28)29/h10-17H,4-9,18-20H2,1-3H3. The second kappa shape index (κ2) is 12.4. The van der Waals surface area contributed by atoms with Gasteiger partial charge in [-0.15, -0.1) is 0 Å². The average Bonchev–Trinajstić information content (AvgIpc) is 2.78. The van der Waals surface area contributed by atoms with E-state index in [1.54, 1.807) is 6.07 Å². The number of benzene rings is 2. The van der Waals surface area contributed by atoms with Crippen molar-refractivity contribution >= 4 is 42.4 Å². The summed E-state index contributed by atoms with van der Waals surface area (Å²) >= 11 is 6.64. The molecule has 0 nitrogen and oxygen atoms in total. The van der Waals surface area contributed by atoms with Crippen LogP contribution in [0.5, 0.6) is 0 Å². The molecule has 0 aliphatic carbocycles. The van der Waals surface area contributed by atoms with Crippen molar-refractivity contribution in [3.05, 3.63) is 54.1 Å². The summed E-state index contributed by atoms with van der Waals surface area (Å²) < 4.78 is 40.4. The fourth-order valence-corrected chi connectivity index (χ4v) is 12.0. The molecule has 0 bridgehead atoms. The molecule has 0 saturated carbocycles. The number of hydrogen-bond acceptors (Lipinski definition) is 0. The van der Waals surface area contributed by atoms with Crippen LogP contribution in [0.3, 0.4) is 0 Å². The Bertz CT molecular complexity index is 770. The van der Waals surface area contributed by atoms with Gasteiger partial charge in [0.15, 0.2) is 0 Å². The van der Waals surface area contributed by atoms with Gasteiger partial charge in [0.05, 0.1) is 20.9 Å². The lowest BCUT2D eigenvalue weighted by Gasteiger charge is -2.33. The van der Waals surface area contributed by atoms with Gasteiger partial charge in [0, 0.05) is 5.30 Å². The fourth-order valence-electron chi connectivity index (χ4n) is 4.32. The summed E-state index contributed by atoms with van der Waals surface area (Å²) in [5.74, 6) is 0. The zero-order chi connectivity index (χ0) is 22.9. The van der Waals surface area contributed by atoms with Gasteiger partial charge in [-0.25, -0.2) is 0 Å². The van der Waals surface area contributed by atoms with E-state index in [2.05, 4.69) is 32.9 Å². The Labute approximate surface area is 193 Å². The van der Waals surface area contributed by atoms with E-state index in [1.807, 2.05) is 12.1 Å². The van der Waals surface area contributed by atoms with Crippen LogP contribution in [0.25, 0.3) is 0 Å². The van der Waals surface area contributed by atoms with Crippen molar-refractivity contribution < 1.29 is 13.2 Å². The molecule has 0 radical (unpaired) electrons. The molecule has 0 heterocycles. The van der Waals surface area contributed by atoms with Crippen molar-refractivity contribution in [3.8, 4) is 0 Å². The van der Waals surface area contributed by atoms with E-state index < -0.39 is 27.1 Å². The zero-order valence-electron chi connectivity index (χ0n) is 18.9. The monoisotopic (exact) mass is 486 g/mol. The van der Waals surface area contributed by atoms with Gasteiger partial charge in [-0.3, -0.25) is 0 Å². The molecule has 0 aliphatic heterocycles. The molecule has 172 valence electrons. The molecule has 2 aromatic rings. The highest BCUT2D eigenvalue weighted by Crippen LogP contribution is 2.43. The van der Waals surface area contributed by atoms with E-state index in [-0.39, 0.29) is 5.30 Å². The second-order valence-corrected chi connectivity index (χ2v) is 15.6. The van der Waals surface area contributed by atoms with Crippen molar-refractivity contribution in [3.63, 3.8) is 0 Å². The highest BCUT2D eigenvalue weighted by Gasteiger charge is 2.36. The fraction of sp³-hybridized carbons (Fsp3) is 0.520. The molecule has 0 aromatic heterocycles. The highest BCUT2D eigenvalue weighted by molar-refractivity contribution is 7.95. The molecule has 6 heteroatoms. The van der Waals surface area contributed by atoms with Crippen molar-refractivity contribution in [2.45, 2.75) is 83.6 Å². The summed E-state index contributed by atoms with van der Waals surface area (Å²) in [6.45, 7) is 6.75. The largest absolute Gasteiger partial charge is 0.417 e. The van der Waals surface area contributed by atoms with Crippen molar-refractivity contribution in [2.24, 2.45) is 0 Å². The maximum Gasteiger partial charge on any atom is 0.417 e. The quantitative estimate of drug-likeness (QED) is 0.209. The van der Waals surface area contributed by atoms with E-state index in [0.29, 0.717) is 0 Å². The second-order valence-electron chi connectivity index (χ2n) is 8.43. The normalized spacial score (nSPS) is 13.4. The number of rotatable bonds is 12. The van der Waals surface area contributed by atoms with Gasteiger partial charge in [0.25, 0.3) is 0 Å². The van der Waals surface area contributed by atoms with Gasteiger partial charge < -0.3 is 0 Å². The molecular weight excluding hydrogens is 452 g/mol. The molecule has 0 aliphatic rings. The molecule has 31 heavy (non-hydrogen) atoms. The lowest BCUT2D eigenvalue weighted by atomic mass is 10.2. The van der Waals surface area contributed by atoms with Crippen molar-refractivity contribution in [2.75, 3.05) is 0 Å². The lowest BCUT2D eigenvalue weighted by molar-refractivity contribution is -0.136. The summed E-state index contributed by atoms with van der Waals surface area (Å²) in [5, 5.41) is 2.43. The minimum absolute atomic E-state index is 0.186. The molecule has 2 rings (SSSR count). The minimum atomic E-state index is -4.39. The Kier molecular flexibility index (Phi) is 10.6. The first-order valence-electron chi connectivity index (χ1n) is 11.5. The topological polar surface area (TPSA) is 0 Å². The summed E-state index contributed by atoms with van der Waals surface area (Å²) in [4.78, 5) is 0. The van der Waals surface area contributed by atoms with E-state index in [9.17, 15) is 13.2 Å². The summed E-state index contributed by atoms with van der Waals surface area (Å²) in [7, 11) is -3.20. The first kappa shape index (κ1) is 26.4. The van der Waals surface area contributed by atoms with Gasteiger partial charge in [-0.1, -0.05) is 136 Å². The van der Waals surface area contributed by atoms with Gasteiger partial charge >= 0.3 is 6.18 Å². The number of alkyl halides is 3. The van der Waals surface area contributed by atoms with Crippen molar-refractivity contribution in [1.82, 2.24) is 0 Å². The molecule has 0 amide bonds. The van der Waals surface area contributed by atoms with Crippen LogP contribution < -0.4 is 15.8 Å². The van der Waals surface area contributed by atoms with Crippen LogP contribution in [0.1, 0.15) is 64.9 Å². The summed E-state index contributed by atoms with van der Waals surface area (Å²) in [5.41, 5.74) is -0.627. The van der Waals surface area contributed by atoms with Crippen LogP contribution in [0.4, 0.5) is 13.2 Å². The maximum absolute atomic E-state index is 13.5. The molecule has 0 saturated heterocycles. The Morgan fingerprint density at radius 3 is 1.71 bits per heavy atom. The first-order valence-corrected chi connectivity index (χ1v) is 16.4. The Balaban J connectivity index is 2.38. The molecule has 2 aromatic carbocycles. The Morgan fingerprint density at radius 2 is 1.26 bits per heavy atom. The predicted octanol–water partition coefficient (Wildman–Crippen LogP) is 8.35. The highest BCUT2D eigenvalue weighted by atomic mass is 35.7. The van der Waals surface area contributed by atoms with Crippen LogP contribution in [-0.4, -0.2) is 8.07 Å². The molecule has 0 fully saturated rings. The van der Waals surface area contributed by atoms with Crippen LogP contribution in [0.2, 0.25) is 18.1 Å². The first-order chi connectivity index (χ1) is 14.8. The third-order valence-corrected chi connectivity index (χ3v) is 14.3. The van der Waals surface area contributed by atoms with Crippen molar-refractivity contribution in [1.29, 1.82) is 0 Å². The minimum Gasteiger partial charge on any atom is -0.166 e. The van der Waals surface area contributed by atoms with E-state index >= 15 is 0 Å². The summed E-state index contributed by atoms with van der Waals surface area (Å²) in [6, 6.07) is 18.0. The SMILES string of the molecule is CCCC[Si](CCCC)(CCCC)c1ccc(P(Cl)c2ccccc2C(F)(F)F)cc1. The van der Waals surface area contributed by atoms with Crippen LogP contribution in [0, 0.1) is 0 Å². The van der Waals surface area contributed by atoms with Crippen LogP contribution >= 0.6 is 18.5 Å². The smallest absolute Gasteiger partial charge is 0.166 e. The summed E-state index contributed by atoms with van der Waals surface area (Å²) in [6.07, 6.45) is 2.97. The van der Waals surface area contributed by atoms with Crippen LogP contribution in [0.15, 0.2) is 48.5 Å². The third kappa shape index (κ3) is 7.07. The van der Waals surface area contributed by atoms with E-state index in [1.165, 1.54) is 74.0 Å². The van der Waals surface area contributed by atoms with Crippen LogP contribution in [-0.2, 0) is 6.18 Å². The molecule has 0 N–H and O–H groups in total. The predicted molar refractivity (Wildman–Crippen MR) is 134 cm³/mol. The zero-order valence-corrected chi connectivity index (χ0v) is 21.6. The van der Waals surface area contributed by atoms with Gasteiger partial charge in [-0.2, -0.15) is 13.2 Å². The Hall–Kier alpha value is -0.833. The number of unbranched alkanes of at least 4 members (excludes halogenated alkanes) is 3. The molecule has 1 atom stereocenters. The lowest BCUT2D eigenvalue weighted by Crippen LogP contribution is -2.47. The maximum atomic E-state index is 13.5. The Morgan fingerprint density at radius 1 is 0.774 bits per heavy atom. The van der Waals surface area contributed by atoms with E-state index in [0.717, 1.165) is 11.4 Å². The van der Waals surface area contributed by atoms with Gasteiger partial charge in [0.1, 0.15) is 0 Å². The van der Waals surface area contributed by atoms with Gasteiger partial charge in [0.2, 0.25) is 0 Å². The third-order valence-electron chi connectivity index (χ3n) is 6.15. The van der Waals surface area contributed by atoms with Gasteiger partial charge in [-0.05, 0) is 11.4 Å². The number of hydrogen-bond donors (Lipinski definition) is 0.